The van der Waals surface area contributed by atoms with Crippen molar-refractivity contribution in [3.63, 3.8) is 0 Å². The van der Waals surface area contributed by atoms with Gasteiger partial charge in [-0.05, 0) is 53.9 Å². The minimum Gasteiger partial charge on any atom is -0.387 e. The summed E-state index contributed by atoms with van der Waals surface area (Å²) < 4.78 is 1.95. The summed E-state index contributed by atoms with van der Waals surface area (Å²) >= 11 is 6.08. The van der Waals surface area contributed by atoms with Crippen molar-refractivity contribution in [2.45, 2.75) is 25.5 Å². The first-order valence-electron chi connectivity index (χ1n) is 11.6. The fraction of sp³-hybridized carbons (Fsp3) is 0.214. The van der Waals surface area contributed by atoms with Crippen molar-refractivity contribution in [1.82, 2.24) is 14.9 Å². The van der Waals surface area contributed by atoms with Crippen LogP contribution in [-0.2, 0) is 24.2 Å². The summed E-state index contributed by atoms with van der Waals surface area (Å²) in [6, 6.07) is 25.1. The van der Waals surface area contributed by atoms with E-state index in [9.17, 15) is 9.90 Å². The molecule has 1 atom stereocenters. The van der Waals surface area contributed by atoms with Crippen molar-refractivity contribution in [2.24, 2.45) is 0 Å². The Morgan fingerprint density at radius 1 is 0.973 bits per heavy atom. The molecule has 0 saturated carbocycles. The van der Waals surface area contributed by atoms with E-state index < -0.39 is 6.10 Å². The lowest BCUT2D eigenvalue weighted by Gasteiger charge is -2.12. The van der Waals surface area contributed by atoms with E-state index in [1.54, 1.807) is 6.20 Å². The Bertz CT molecular complexity index is 1230. The third kappa shape index (κ3) is 9.50. The summed E-state index contributed by atoms with van der Waals surface area (Å²) in [6.45, 7) is 1.87. The molecule has 6 nitrogen and oxygen atoms in total. The molecule has 1 amide bonds. The number of aromatic nitrogens is 2. The fourth-order valence-corrected chi connectivity index (χ4v) is 4.06. The molecule has 9 heteroatoms. The van der Waals surface area contributed by atoms with Crippen molar-refractivity contribution in [3.8, 4) is 0 Å². The van der Waals surface area contributed by atoms with Gasteiger partial charge in [-0.3, -0.25) is 4.79 Å². The molecule has 0 saturated heterocycles. The Morgan fingerprint density at radius 2 is 1.73 bits per heavy atom. The third-order valence-corrected chi connectivity index (χ3v) is 5.95. The summed E-state index contributed by atoms with van der Waals surface area (Å²) in [5.41, 5.74) is 3.87. The summed E-state index contributed by atoms with van der Waals surface area (Å²) in [7, 11) is 0. The Morgan fingerprint density at radius 3 is 2.46 bits per heavy atom. The normalized spacial score (nSPS) is 11.2. The molecular formula is C28H31Cl3N4O2. The minimum absolute atomic E-state index is 0. The first-order valence-corrected chi connectivity index (χ1v) is 12.0. The van der Waals surface area contributed by atoms with Crippen molar-refractivity contribution in [3.05, 3.63) is 119 Å². The number of rotatable bonds is 11. The monoisotopic (exact) mass is 560 g/mol. The van der Waals surface area contributed by atoms with Crippen LogP contribution >= 0.6 is 36.4 Å². The molecule has 0 aliphatic carbocycles. The van der Waals surface area contributed by atoms with Crippen LogP contribution in [0.25, 0.3) is 0 Å². The molecule has 0 aliphatic rings. The smallest absolute Gasteiger partial charge is 0.231 e. The van der Waals surface area contributed by atoms with E-state index in [2.05, 4.69) is 15.6 Å². The summed E-state index contributed by atoms with van der Waals surface area (Å²) in [5.74, 6) is 0.579. The zero-order chi connectivity index (χ0) is 24.5. The van der Waals surface area contributed by atoms with Crippen LogP contribution in [0.2, 0.25) is 5.02 Å². The molecule has 0 spiro atoms. The van der Waals surface area contributed by atoms with Gasteiger partial charge in [0.2, 0.25) is 5.91 Å². The van der Waals surface area contributed by atoms with Gasteiger partial charge in [-0.15, -0.1) is 24.8 Å². The molecule has 0 unspecified atom stereocenters. The number of halogens is 3. The third-order valence-electron chi connectivity index (χ3n) is 5.71. The maximum Gasteiger partial charge on any atom is 0.231 e. The standard InChI is InChI=1S/C28H29ClN4O2.2ClH/c29-24-8-4-5-22(17-24)20-33-16-15-31-27(33)18-28(35)32-25-11-9-21(10-12-25)13-14-30-19-26(34)23-6-2-1-3-7-23;;/h1-12,15-17,26,30,34H,13-14,18-20H2,(H,32,35);2*1H/t26-;;/m0../s1. The lowest BCUT2D eigenvalue weighted by molar-refractivity contribution is -0.115. The quantitative estimate of drug-likeness (QED) is 0.212. The first-order chi connectivity index (χ1) is 17.1. The molecule has 1 heterocycles. The molecule has 37 heavy (non-hydrogen) atoms. The van der Waals surface area contributed by atoms with Gasteiger partial charge in [-0.25, -0.2) is 4.98 Å². The van der Waals surface area contributed by atoms with Crippen molar-refractivity contribution in [2.75, 3.05) is 18.4 Å². The lowest BCUT2D eigenvalue weighted by Crippen LogP contribution is -2.23. The second-order valence-corrected chi connectivity index (χ2v) is 8.84. The highest BCUT2D eigenvalue weighted by Gasteiger charge is 2.11. The number of benzene rings is 3. The zero-order valence-electron chi connectivity index (χ0n) is 20.2. The van der Waals surface area contributed by atoms with Crippen molar-refractivity contribution in [1.29, 1.82) is 0 Å². The van der Waals surface area contributed by atoms with Gasteiger partial charge >= 0.3 is 0 Å². The van der Waals surface area contributed by atoms with Crippen LogP contribution in [0.3, 0.4) is 0 Å². The van der Waals surface area contributed by atoms with Gasteiger partial charge in [0.25, 0.3) is 0 Å². The number of carbonyl (C=O) groups excluding carboxylic acids is 1. The van der Waals surface area contributed by atoms with E-state index in [-0.39, 0.29) is 37.1 Å². The van der Waals surface area contributed by atoms with Crippen LogP contribution in [0.15, 0.2) is 91.3 Å². The van der Waals surface area contributed by atoms with E-state index in [1.807, 2.05) is 89.6 Å². The molecule has 0 fully saturated rings. The summed E-state index contributed by atoms with van der Waals surface area (Å²) in [4.78, 5) is 16.9. The second kappa shape index (κ2) is 15.4. The maximum absolute atomic E-state index is 12.6. The van der Waals surface area contributed by atoms with Gasteiger partial charge < -0.3 is 20.3 Å². The van der Waals surface area contributed by atoms with E-state index in [1.165, 1.54) is 0 Å². The van der Waals surface area contributed by atoms with Crippen LogP contribution in [0.4, 0.5) is 5.69 Å². The number of nitrogens with zero attached hydrogens (tertiary/aromatic N) is 2. The number of amides is 1. The molecule has 0 bridgehead atoms. The molecule has 0 radical (unpaired) electrons. The van der Waals surface area contributed by atoms with Crippen molar-refractivity contribution >= 4 is 48.0 Å². The van der Waals surface area contributed by atoms with Crippen LogP contribution in [-0.4, -0.2) is 33.7 Å². The van der Waals surface area contributed by atoms with Gasteiger partial charge in [0.15, 0.2) is 0 Å². The number of anilines is 1. The molecule has 3 aromatic carbocycles. The highest BCUT2D eigenvalue weighted by molar-refractivity contribution is 6.30. The number of aliphatic hydroxyl groups is 1. The van der Waals surface area contributed by atoms with Crippen LogP contribution < -0.4 is 10.6 Å². The highest BCUT2D eigenvalue weighted by atomic mass is 35.5. The van der Waals surface area contributed by atoms with Gasteiger partial charge in [-0.1, -0.05) is 66.2 Å². The molecule has 3 N–H and O–H groups in total. The number of aliphatic hydroxyl groups excluding tert-OH is 1. The number of carbonyl (C=O) groups is 1. The average Bonchev–Trinajstić information content (AvgIpc) is 3.29. The molecule has 196 valence electrons. The van der Waals surface area contributed by atoms with E-state index in [4.69, 9.17) is 11.6 Å². The molecule has 4 rings (SSSR count). The topological polar surface area (TPSA) is 79.2 Å². The number of hydrogen-bond acceptors (Lipinski definition) is 4. The number of imidazole rings is 1. The van der Waals surface area contributed by atoms with Gasteiger partial charge in [0, 0.05) is 36.2 Å². The second-order valence-electron chi connectivity index (χ2n) is 8.40. The van der Waals surface area contributed by atoms with E-state index in [0.29, 0.717) is 23.9 Å². The molecular weight excluding hydrogens is 531 g/mol. The number of nitrogens with one attached hydrogen (secondary N) is 2. The van der Waals surface area contributed by atoms with Crippen molar-refractivity contribution < 1.29 is 9.90 Å². The Labute approximate surface area is 234 Å². The average molecular weight is 562 g/mol. The van der Waals surface area contributed by atoms with Crippen LogP contribution in [0, 0.1) is 0 Å². The Hall–Kier alpha value is -2.87. The number of hydrogen-bond donors (Lipinski definition) is 3. The fourth-order valence-electron chi connectivity index (χ4n) is 3.85. The van der Waals surface area contributed by atoms with E-state index >= 15 is 0 Å². The Kier molecular flexibility index (Phi) is 12.6. The molecule has 4 aromatic rings. The van der Waals surface area contributed by atoms with Gasteiger partial charge in [0.05, 0.1) is 12.5 Å². The largest absolute Gasteiger partial charge is 0.387 e. The van der Waals surface area contributed by atoms with Gasteiger partial charge in [-0.2, -0.15) is 0 Å². The molecule has 1 aromatic heterocycles. The predicted molar refractivity (Wildman–Crippen MR) is 154 cm³/mol. The zero-order valence-corrected chi connectivity index (χ0v) is 22.6. The SMILES string of the molecule is Cl.Cl.O=C(Cc1nccn1Cc1cccc(Cl)c1)Nc1ccc(CCNC[C@H](O)c2ccccc2)cc1. The van der Waals surface area contributed by atoms with E-state index in [0.717, 1.165) is 35.3 Å². The molecule has 0 aliphatic heterocycles. The lowest BCUT2D eigenvalue weighted by atomic mass is 10.1. The van der Waals surface area contributed by atoms with Gasteiger partial charge in [0.1, 0.15) is 5.82 Å². The van der Waals surface area contributed by atoms with Crippen LogP contribution in [0.5, 0.6) is 0 Å². The maximum atomic E-state index is 12.6. The predicted octanol–water partition coefficient (Wildman–Crippen LogP) is 5.48. The highest BCUT2D eigenvalue weighted by Crippen LogP contribution is 2.15. The minimum atomic E-state index is -0.519. The first kappa shape index (κ1) is 30.4. The summed E-state index contributed by atoms with van der Waals surface area (Å²) in [6.07, 6.45) is 4.06. The van der Waals surface area contributed by atoms with Crippen LogP contribution in [0.1, 0.15) is 28.6 Å². The summed E-state index contributed by atoms with van der Waals surface area (Å²) in [5, 5.41) is 17.1. The Balaban J connectivity index is 0.00000241.